The maximum atomic E-state index is 13.3. The number of methoxy groups -OCH3 is 1. The lowest BCUT2D eigenvalue weighted by Crippen LogP contribution is -2.19. The largest absolute Gasteiger partial charge is 0.482 e. The number of halogens is 2. The summed E-state index contributed by atoms with van der Waals surface area (Å²) >= 11 is 0. The first kappa shape index (κ1) is 12.4. The molecular formula is C11H11F2NO2. The minimum atomic E-state index is -0.889. The highest BCUT2D eigenvalue weighted by atomic mass is 19.1. The van der Waals surface area contributed by atoms with E-state index in [0.29, 0.717) is 0 Å². The molecule has 1 atom stereocenters. The van der Waals surface area contributed by atoms with Gasteiger partial charge >= 0.3 is 0 Å². The second kappa shape index (κ2) is 5.42. The molecule has 0 spiro atoms. The van der Waals surface area contributed by atoms with Crippen LogP contribution in [0.5, 0.6) is 5.75 Å². The molecule has 1 rings (SSSR count). The number of hydrogen-bond donors (Lipinski definition) is 0. The summed E-state index contributed by atoms with van der Waals surface area (Å²) in [6.07, 6.45) is -0.470. The van der Waals surface area contributed by atoms with Crippen molar-refractivity contribution in [2.45, 2.75) is 13.0 Å². The fraction of sp³-hybridized carbons (Fsp3) is 0.364. The normalized spacial score (nSPS) is 11.9. The second-order valence-electron chi connectivity index (χ2n) is 3.26. The fourth-order valence-electron chi connectivity index (χ4n) is 1.21. The molecule has 86 valence electrons. The Kier molecular flexibility index (Phi) is 4.20. The first-order valence-electron chi connectivity index (χ1n) is 4.63. The van der Waals surface area contributed by atoms with Crippen molar-refractivity contribution in [1.29, 1.82) is 5.26 Å². The van der Waals surface area contributed by atoms with Gasteiger partial charge in [-0.2, -0.15) is 5.26 Å². The van der Waals surface area contributed by atoms with E-state index in [0.717, 1.165) is 12.1 Å². The number of hydrogen-bond acceptors (Lipinski definition) is 3. The Morgan fingerprint density at radius 2 is 1.94 bits per heavy atom. The molecule has 0 aliphatic heterocycles. The summed E-state index contributed by atoms with van der Waals surface area (Å²) in [5.41, 5.74) is -0.0817. The first-order chi connectivity index (χ1) is 7.58. The van der Waals surface area contributed by atoms with Crippen molar-refractivity contribution in [3.8, 4) is 11.8 Å². The third-order valence-corrected chi connectivity index (χ3v) is 1.85. The molecule has 0 saturated heterocycles. The van der Waals surface area contributed by atoms with Crippen molar-refractivity contribution < 1.29 is 18.3 Å². The summed E-state index contributed by atoms with van der Waals surface area (Å²) in [6.45, 7) is 1.85. The summed E-state index contributed by atoms with van der Waals surface area (Å²) in [7, 11) is 1.46. The van der Waals surface area contributed by atoms with Crippen molar-refractivity contribution in [2.24, 2.45) is 0 Å². The van der Waals surface area contributed by atoms with Gasteiger partial charge in [-0.25, -0.2) is 8.78 Å². The predicted octanol–water partition coefficient (Wildman–Crippen LogP) is 2.25. The molecule has 16 heavy (non-hydrogen) atoms. The van der Waals surface area contributed by atoms with Gasteiger partial charge in [-0.1, -0.05) is 0 Å². The lowest BCUT2D eigenvalue weighted by Gasteiger charge is -2.14. The third kappa shape index (κ3) is 2.91. The highest BCUT2D eigenvalue weighted by molar-refractivity contribution is 5.37. The third-order valence-electron chi connectivity index (χ3n) is 1.85. The van der Waals surface area contributed by atoms with E-state index in [4.69, 9.17) is 14.7 Å². The second-order valence-corrected chi connectivity index (χ2v) is 3.26. The maximum Gasteiger partial charge on any atom is 0.191 e. The number of nitriles is 1. The van der Waals surface area contributed by atoms with Crippen LogP contribution in [0.4, 0.5) is 8.78 Å². The Morgan fingerprint density at radius 1 is 1.38 bits per heavy atom. The van der Waals surface area contributed by atoms with Crippen molar-refractivity contribution in [3.63, 3.8) is 0 Å². The monoisotopic (exact) mass is 227 g/mol. The topological polar surface area (TPSA) is 42.2 Å². The fourth-order valence-corrected chi connectivity index (χ4v) is 1.21. The van der Waals surface area contributed by atoms with Gasteiger partial charge in [0.25, 0.3) is 0 Å². The van der Waals surface area contributed by atoms with Crippen LogP contribution >= 0.6 is 0 Å². The average molecular weight is 227 g/mol. The molecule has 0 aliphatic carbocycles. The van der Waals surface area contributed by atoms with E-state index in [-0.39, 0.29) is 12.2 Å². The lowest BCUT2D eigenvalue weighted by atomic mass is 10.2. The Labute approximate surface area is 92.2 Å². The number of nitrogens with zero attached hydrogens (tertiary/aromatic N) is 1. The minimum Gasteiger partial charge on any atom is -0.482 e. The van der Waals surface area contributed by atoms with Crippen molar-refractivity contribution in [1.82, 2.24) is 0 Å². The van der Waals surface area contributed by atoms with Crippen molar-refractivity contribution in [2.75, 3.05) is 13.7 Å². The smallest absolute Gasteiger partial charge is 0.191 e. The summed E-state index contributed by atoms with van der Waals surface area (Å²) in [4.78, 5) is 0. The van der Waals surface area contributed by atoms with Crippen LogP contribution in [0.15, 0.2) is 12.1 Å². The Morgan fingerprint density at radius 3 is 2.38 bits per heavy atom. The minimum absolute atomic E-state index is 0.0817. The lowest BCUT2D eigenvalue weighted by molar-refractivity contribution is 0.0862. The van der Waals surface area contributed by atoms with Crippen LogP contribution in [0.3, 0.4) is 0 Å². The van der Waals surface area contributed by atoms with Crippen LogP contribution in [-0.2, 0) is 4.74 Å². The van der Waals surface area contributed by atoms with Gasteiger partial charge < -0.3 is 9.47 Å². The molecule has 0 aliphatic rings. The van der Waals surface area contributed by atoms with Crippen LogP contribution in [0.25, 0.3) is 0 Å². The predicted molar refractivity (Wildman–Crippen MR) is 53.0 cm³/mol. The van der Waals surface area contributed by atoms with Crippen LogP contribution in [0.2, 0.25) is 0 Å². The molecule has 0 amide bonds. The van der Waals surface area contributed by atoms with Gasteiger partial charge in [-0.3, -0.25) is 0 Å². The van der Waals surface area contributed by atoms with Gasteiger partial charge in [0, 0.05) is 7.11 Å². The van der Waals surface area contributed by atoms with E-state index >= 15 is 0 Å². The summed E-state index contributed by atoms with van der Waals surface area (Å²) in [5.74, 6) is -2.26. The van der Waals surface area contributed by atoms with Crippen LogP contribution in [0, 0.1) is 23.0 Å². The van der Waals surface area contributed by atoms with Crippen molar-refractivity contribution >= 4 is 0 Å². The highest BCUT2D eigenvalue weighted by Crippen LogP contribution is 2.24. The Bertz CT molecular complexity index is 392. The molecule has 0 N–H and O–H groups in total. The molecular weight excluding hydrogens is 216 g/mol. The van der Waals surface area contributed by atoms with Gasteiger partial charge in [0.05, 0.1) is 18.2 Å². The van der Waals surface area contributed by atoms with Crippen LogP contribution < -0.4 is 4.74 Å². The molecule has 0 fully saturated rings. The molecule has 1 aromatic rings. The number of benzene rings is 1. The van der Waals surface area contributed by atoms with E-state index < -0.39 is 23.5 Å². The van der Waals surface area contributed by atoms with Gasteiger partial charge in [-0.05, 0) is 19.1 Å². The summed E-state index contributed by atoms with van der Waals surface area (Å²) in [5, 5.41) is 8.50. The Hall–Kier alpha value is -1.67. The van der Waals surface area contributed by atoms with Gasteiger partial charge in [0.15, 0.2) is 17.4 Å². The molecule has 0 heterocycles. The van der Waals surface area contributed by atoms with E-state index in [2.05, 4.69) is 0 Å². The van der Waals surface area contributed by atoms with Crippen LogP contribution in [-0.4, -0.2) is 19.8 Å². The zero-order chi connectivity index (χ0) is 12.1. The standard InChI is InChI=1S/C11H11F2NO2/c1-7(6-15-2)16-11-9(12)3-8(5-14)4-10(11)13/h3-4,7H,6H2,1-2H3. The van der Waals surface area contributed by atoms with Gasteiger partial charge in [0.2, 0.25) is 0 Å². The average Bonchev–Trinajstić information content (AvgIpc) is 2.23. The molecule has 0 aromatic heterocycles. The number of ether oxygens (including phenoxy) is 2. The number of rotatable bonds is 4. The summed E-state index contributed by atoms with van der Waals surface area (Å²) in [6, 6.07) is 3.51. The highest BCUT2D eigenvalue weighted by Gasteiger charge is 2.15. The van der Waals surface area contributed by atoms with E-state index in [1.165, 1.54) is 7.11 Å². The quantitative estimate of drug-likeness (QED) is 0.792. The van der Waals surface area contributed by atoms with Gasteiger partial charge in [-0.15, -0.1) is 0 Å². The van der Waals surface area contributed by atoms with Crippen molar-refractivity contribution in [3.05, 3.63) is 29.3 Å². The Balaban J connectivity index is 2.93. The van der Waals surface area contributed by atoms with E-state index in [9.17, 15) is 8.78 Å². The zero-order valence-corrected chi connectivity index (χ0v) is 8.96. The zero-order valence-electron chi connectivity index (χ0n) is 8.96. The first-order valence-corrected chi connectivity index (χ1v) is 4.63. The molecule has 0 radical (unpaired) electrons. The van der Waals surface area contributed by atoms with E-state index in [1.54, 1.807) is 13.0 Å². The van der Waals surface area contributed by atoms with E-state index in [1.807, 2.05) is 0 Å². The molecule has 0 saturated carbocycles. The van der Waals surface area contributed by atoms with Crippen LogP contribution in [0.1, 0.15) is 12.5 Å². The SMILES string of the molecule is COCC(C)Oc1c(F)cc(C#N)cc1F. The molecule has 0 bridgehead atoms. The van der Waals surface area contributed by atoms with Gasteiger partial charge in [0.1, 0.15) is 6.10 Å². The summed E-state index contributed by atoms with van der Waals surface area (Å²) < 4.78 is 36.5. The maximum absolute atomic E-state index is 13.3. The molecule has 1 aromatic carbocycles. The molecule has 5 heteroatoms. The molecule has 1 unspecified atom stereocenters. The molecule has 3 nitrogen and oxygen atoms in total.